The maximum Gasteiger partial charge on any atom is 0.243 e. The van der Waals surface area contributed by atoms with Crippen molar-refractivity contribution in [1.29, 1.82) is 0 Å². The highest BCUT2D eigenvalue weighted by Gasteiger charge is 2.37. The summed E-state index contributed by atoms with van der Waals surface area (Å²) in [4.78, 5) is 13.1. The fourth-order valence-corrected chi connectivity index (χ4v) is 5.07. The third-order valence-corrected chi connectivity index (χ3v) is 7.00. The van der Waals surface area contributed by atoms with Crippen LogP contribution in [0.3, 0.4) is 0 Å². The van der Waals surface area contributed by atoms with Crippen molar-refractivity contribution < 1.29 is 13.2 Å². The van der Waals surface area contributed by atoms with Crippen molar-refractivity contribution in [3.05, 3.63) is 58.6 Å². The lowest BCUT2D eigenvalue weighted by Crippen LogP contribution is -2.49. The predicted octanol–water partition coefficient (Wildman–Crippen LogP) is 4.14. The molecule has 1 aliphatic rings. The first-order chi connectivity index (χ1) is 12.8. The van der Waals surface area contributed by atoms with Gasteiger partial charge in [-0.2, -0.15) is 4.31 Å². The summed E-state index contributed by atoms with van der Waals surface area (Å²) in [6.07, 6.45) is 2.05. The van der Waals surface area contributed by atoms with Crippen molar-refractivity contribution in [2.75, 3.05) is 11.9 Å². The summed E-state index contributed by atoms with van der Waals surface area (Å²) in [6, 6.07) is 11.2. The highest BCUT2D eigenvalue weighted by Crippen LogP contribution is 2.27. The number of anilines is 1. The van der Waals surface area contributed by atoms with E-state index >= 15 is 0 Å². The van der Waals surface area contributed by atoms with Crippen LogP contribution in [0.25, 0.3) is 0 Å². The fourth-order valence-electron chi connectivity index (χ4n) is 3.25. The summed E-state index contributed by atoms with van der Waals surface area (Å²) >= 11 is 6.02. The van der Waals surface area contributed by atoms with Crippen LogP contribution in [0.15, 0.2) is 47.4 Å². The number of benzene rings is 2. The molecule has 1 amide bonds. The Morgan fingerprint density at radius 2 is 1.81 bits per heavy atom. The minimum atomic E-state index is -3.74. The van der Waals surface area contributed by atoms with Crippen molar-refractivity contribution in [3.63, 3.8) is 0 Å². The lowest BCUT2D eigenvalue weighted by molar-refractivity contribution is -0.120. The van der Waals surface area contributed by atoms with E-state index in [-0.39, 0.29) is 10.8 Å². The molecule has 0 radical (unpaired) electrons. The van der Waals surface area contributed by atoms with Gasteiger partial charge in [-0.25, -0.2) is 8.42 Å². The summed E-state index contributed by atoms with van der Waals surface area (Å²) in [5.41, 5.74) is 2.46. The Morgan fingerprint density at radius 1 is 1.11 bits per heavy atom. The van der Waals surface area contributed by atoms with Crippen molar-refractivity contribution in [2.45, 2.75) is 44.0 Å². The van der Waals surface area contributed by atoms with Crippen molar-refractivity contribution >= 4 is 33.2 Å². The van der Waals surface area contributed by atoms with Crippen LogP contribution < -0.4 is 5.32 Å². The van der Waals surface area contributed by atoms with Gasteiger partial charge in [0.25, 0.3) is 0 Å². The Morgan fingerprint density at radius 3 is 2.52 bits per heavy atom. The molecule has 0 aromatic heterocycles. The van der Waals surface area contributed by atoms with Gasteiger partial charge < -0.3 is 5.32 Å². The van der Waals surface area contributed by atoms with Crippen LogP contribution in [0, 0.1) is 13.8 Å². The van der Waals surface area contributed by atoms with Crippen LogP contribution in [-0.4, -0.2) is 31.2 Å². The molecule has 27 heavy (non-hydrogen) atoms. The fraction of sp³-hybridized carbons (Fsp3) is 0.350. The zero-order chi connectivity index (χ0) is 19.6. The van der Waals surface area contributed by atoms with Crippen molar-refractivity contribution in [1.82, 2.24) is 4.31 Å². The number of hydrogen-bond acceptors (Lipinski definition) is 3. The third-order valence-electron chi connectivity index (χ3n) is 4.84. The molecule has 1 heterocycles. The SMILES string of the molecule is Cc1ccc(S(=O)(=O)N2CCCC[C@@H]2C(=O)Nc2cc(Cl)ccc2C)cc1. The van der Waals surface area contributed by atoms with E-state index in [2.05, 4.69) is 5.32 Å². The molecule has 2 aromatic rings. The molecule has 2 aromatic carbocycles. The first kappa shape index (κ1) is 19.9. The second-order valence-electron chi connectivity index (χ2n) is 6.89. The molecule has 7 heteroatoms. The lowest BCUT2D eigenvalue weighted by Gasteiger charge is -2.33. The van der Waals surface area contributed by atoms with E-state index in [0.717, 1.165) is 24.0 Å². The van der Waals surface area contributed by atoms with Crippen LogP contribution in [0.2, 0.25) is 5.02 Å². The molecule has 0 aliphatic carbocycles. The average Bonchev–Trinajstić information content (AvgIpc) is 2.65. The largest absolute Gasteiger partial charge is 0.324 e. The number of carbonyl (C=O) groups excluding carboxylic acids is 1. The molecule has 0 unspecified atom stereocenters. The second-order valence-corrected chi connectivity index (χ2v) is 9.22. The number of aryl methyl sites for hydroxylation is 2. The van der Waals surface area contributed by atoms with Crippen molar-refractivity contribution in [3.8, 4) is 0 Å². The molecule has 1 N–H and O–H groups in total. The molecular weight excluding hydrogens is 384 g/mol. The third kappa shape index (κ3) is 4.34. The van der Waals surface area contributed by atoms with Crippen LogP contribution in [0.4, 0.5) is 5.69 Å². The van der Waals surface area contributed by atoms with Gasteiger partial charge in [0.1, 0.15) is 6.04 Å². The van der Waals surface area contributed by atoms with E-state index in [9.17, 15) is 13.2 Å². The van der Waals surface area contributed by atoms with Crippen LogP contribution >= 0.6 is 11.6 Å². The van der Waals surface area contributed by atoms with Crippen molar-refractivity contribution in [2.24, 2.45) is 0 Å². The number of carbonyl (C=O) groups is 1. The van der Waals surface area contributed by atoms with Gasteiger partial charge in [0, 0.05) is 17.3 Å². The number of nitrogens with one attached hydrogen (secondary N) is 1. The van der Waals surface area contributed by atoms with Crippen LogP contribution in [0.1, 0.15) is 30.4 Å². The smallest absolute Gasteiger partial charge is 0.243 e. The van der Waals surface area contributed by atoms with Crippen LogP contribution in [0.5, 0.6) is 0 Å². The number of amides is 1. The van der Waals surface area contributed by atoms with Crippen LogP contribution in [-0.2, 0) is 14.8 Å². The van der Waals surface area contributed by atoms with Gasteiger partial charge in [0.2, 0.25) is 15.9 Å². The van der Waals surface area contributed by atoms with Gasteiger partial charge in [0.05, 0.1) is 4.90 Å². The minimum absolute atomic E-state index is 0.215. The minimum Gasteiger partial charge on any atom is -0.324 e. The topological polar surface area (TPSA) is 66.5 Å². The lowest BCUT2D eigenvalue weighted by atomic mass is 10.0. The molecule has 0 spiro atoms. The number of rotatable bonds is 4. The molecule has 5 nitrogen and oxygen atoms in total. The molecule has 1 atom stereocenters. The van der Waals surface area contributed by atoms with E-state index in [1.54, 1.807) is 36.4 Å². The summed E-state index contributed by atoms with van der Waals surface area (Å²) in [5, 5.41) is 3.37. The normalized spacial score (nSPS) is 18.3. The maximum atomic E-state index is 13.1. The summed E-state index contributed by atoms with van der Waals surface area (Å²) < 4.78 is 27.6. The highest BCUT2D eigenvalue weighted by atomic mass is 35.5. The van der Waals surface area contributed by atoms with E-state index in [0.29, 0.717) is 23.7 Å². The average molecular weight is 407 g/mol. The molecule has 0 bridgehead atoms. The summed E-state index contributed by atoms with van der Waals surface area (Å²) in [7, 11) is -3.74. The zero-order valence-electron chi connectivity index (χ0n) is 15.4. The zero-order valence-corrected chi connectivity index (χ0v) is 17.0. The standard InChI is InChI=1S/C20H23ClN2O3S/c1-14-6-10-17(11-7-14)27(25,26)23-12-4-3-5-19(23)20(24)22-18-13-16(21)9-8-15(18)2/h6-11,13,19H,3-5,12H2,1-2H3,(H,22,24)/t19-/m1/s1. The number of sulfonamides is 1. The Hall–Kier alpha value is -1.89. The van der Waals surface area contributed by atoms with Gasteiger partial charge in [-0.05, 0) is 56.5 Å². The Labute approximate surface area is 165 Å². The summed E-state index contributed by atoms with van der Waals surface area (Å²) in [5.74, 6) is -0.323. The molecule has 3 rings (SSSR count). The van der Waals surface area contributed by atoms with E-state index in [1.165, 1.54) is 4.31 Å². The maximum absolute atomic E-state index is 13.1. The Kier molecular flexibility index (Phi) is 5.89. The first-order valence-corrected chi connectivity index (χ1v) is 10.8. The van der Waals surface area contributed by atoms with Gasteiger partial charge in [-0.15, -0.1) is 0 Å². The van der Waals surface area contributed by atoms with Gasteiger partial charge in [-0.3, -0.25) is 4.79 Å². The van der Waals surface area contributed by atoms with Gasteiger partial charge in [0.15, 0.2) is 0 Å². The van der Waals surface area contributed by atoms with E-state index < -0.39 is 16.1 Å². The number of hydrogen-bond donors (Lipinski definition) is 1. The molecule has 1 aliphatic heterocycles. The number of nitrogens with zero attached hydrogens (tertiary/aromatic N) is 1. The van der Waals surface area contributed by atoms with Gasteiger partial charge >= 0.3 is 0 Å². The quantitative estimate of drug-likeness (QED) is 0.829. The molecule has 1 fully saturated rings. The molecule has 144 valence electrons. The number of halogens is 1. The molecule has 0 saturated carbocycles. The number of piperidine rings is 1. The second kappa shape index (κ2) is 8.00. The summed E-state index contributed by atoms with van der Waals surface area (Å²) in [6.45, 7) is 4.11. The Bertz CT molecular complexity index is 942. The first-order valence-electron chi connectivity index (χ1n) is 8.94. The highest BCUT2D eigenvalue weighted by molar-refractivity contribution is 7.89. The predicted molar refractivity (Wildman–Crippen MR) is 108 cm³/mol. The molecule has 1 saturated heterocycles. The monoisotopic (exact) mass is 406 g/mol. The Balaban J connectivity index is 1.87. The molecular formula is C20H23ClN2O3S. The van der Waals surface area contributed by atoms with E-state index in [4.69, 9.17) is 11.6 Å². The van der Waals surface area contributed by atoms with Gasteiger partial charge in [-0.1, -0.05) is 41.8 Å². The van der Waals surface area contributed by atoms with E-state index in [1.807, 2.05) is 19.9 Å².